The second-order valence-electron chi connectivity index (χ2n) is 6.30. The highest BCUT2D eigenvalue weighted by Crippen LogP contribution is 2.32. The number of nitrogens with zero attached hydrogens (tertiary/aromatic N) is 1. The smallest absolute Gasteiger partial charge is 0.322 e. The van der Waals surface area contributed by atoms with Crippen molar-refractivity contribution < 1.29 is 14.3 Å². The number of amides is 2. The highest BCUT2D eigenvalue weighted by Gasteiger charge is 2.34. The van der Waals surface area contributed by atoms with Crippen LogP contribution in [0.4, 0.5) is 10.5 Å². The summed E-state index contributed by atoms with van der Waals surface area (Å²) < 4.78 is 12.1. The molecule has 1 unspecified atom stereocenters. The number of rotatable bonds is 2. The quantitative estimate of drug-likeness (QED) is 0.861. The molecule has 0 bridgehead atoms. The van der Waals surface area contributed by atoms with Crippen molar-refractivity contribution in [2.24, 2.45) is 0 Å². The number of anilines is 1. The van der Waals surface area contributed by atoms with Crippen molar-refractivity contribution in [3.8, 4) is 5.75 Å². The minimum atomic E-state index is -0.339. The topological polar surface area (TPSA) is 50.8 Å². The number of methoxy groups -OCH3 is 1. The van der Waals surface area contributed by atoms with E-state index in [-0.39, 0.29) is 17.7 Å². The van der Waals surface area contributed by atoms with Crippen LogP contribution >= 0.6 is 15.9 Å². The van der Waals surface area contributed by atoms with Gasteiger partial charge in [0.1, 0.15) is 5.75 Å². The summed E-state index contributed by atoms with van der Waals surface area (Å²) in [5.41, 5.74) is 1.31. The molecule has 1 heterocycles. The van der Waals surface area contributed by atoms with E-state index in [1.54, 1.807) is 12.0 Å². The van der Waals surface area contributed by atoms with Gasteiger partial charge in [0.05, 0.1) is 31.0 Å². The van der Waals surface area contributed by atoms with Gasteiger partial charge in [0.25, 0.3) is 0 Å². The third-order valence-electron chi connectivity index (χ3n) is 3.57. The van der Waals surface area contributed by atoms with E-state index in [1.165, 1.54) is 0 Å². The van der Waals surface area contributed by atoms with Crippen LogP contribution in [0.15, 0.2) is 16.6 Å². The van der Waals surface area contributed by atoms with Gasteiger partial charge in [-0.1, -0.05) is 15.9 Å². The van der Waals surface area contributed by atoms with Crippen molar-refractivity contribution in [2.45, 2.75) is 39.4 Å². The molecule has 6 heteroatoms. The molecule has 1 aromatic carbocycles. The average Bonchev–Trinajstić information content (AvgIpc) is 2.38. The molecule has 122 valence electrons. The van der Waals surface area contributed by atoms with Gasteiger partial charge >= 0.3 is 6.03 Å². The Balaban J connectivity index is 2.19. The Morgan fingerprint density at radius 2 is 2.18 bits per heavy atom. The molecule has 2 rings (SSSR count). The Hall–Kier alpha value is -1.27. The largest absolute Gasteiger partial charge is 0.495 e. The maximum atomic E-state index is 12.6. The minimum Gasteiger partial charge on any atom is -0.495 e. The molecule has 1 fully saturated rings. The summed E-state index contributed by atoms with van der Waals surface area (Å²) in [6, 6.07) is 3.66. The standard InChI is InChI=1S/C16H23BrN2O3/c1-10-6-12(17)7-13(21-5)14(10)18-15(20)19-8-11(2)22-16(3,4)9-19/h6-7,11H,8-9H2,1-5H3,(H,18,20). The second kappa shape index (κ2) is 6.46. The van der Waals surface area contributed by atoms with E-state index in [1.807, 2.05) is 39.8 Å². The number of hydrogen-bond donors (Lipinski definition) is 1. The van der Waals surface area contributed by atoms with Gasteiger partial charge in [-0.05, 0) is 45.4 Å². The summed E-state index contributed by atoms with van der Waals surface area (Å²) in [5.74, 6) is 0.640. The van der Waals surface area contributed by atoms with Crippen LogP contribution in [-0.4, -0.2) is 42.8 Å². The van der Waals surface area contributed by atoms with Gasteiger partial charge in [0, 0.05) is 11.0 Å². The zero-order valence-corrected chi connectivity index (χ0v) is 15.3. The molecular weight excluding hydrogens is 348 g/mol. The van der Waals surface area contributed by atoms with E-state index in [9.17, 15) is 4.79 Å². The molecule has 1 N–H and O–H groups in total. The van der Waals surface area contributed by atoms with Crippen LogP contribution in [0.25, 0.3) is 0 Å². The average molecular weight is 371 g/mol. The van der Waals surface area contributed by atoms with E-state index < -0.39 is 0 Å². The number of ether oxygens (including phenoxy) is 2. The Morgan fingerprint density at radius 3 is 2.77 bits per heavy atom. The van der Waals surface area contributed by atoms with Crippen molar-refractivity contribution in [2.75, 3.05) is 25.5 Å². The van der Waals surface area contributed by atoms with Crippen LogP contribution < -0.4 is 10.1 Å². The van der Waals surface area contributed by atoms with Crippen LogP contribution in [0.1, 0.15) is 26.3 Å². The molecule has 0 aromatic heterocycles. The van der Waals surface area contributed by atoms with E-state index in [0.29, 0.717) is 24.5 Å². The van der Waals surface area contributed by atoms with E-state index in [2.05, 4.69) is 21.2 Å². The highest BCUT2D eigenvalue weighted by molar-refractivity contribution is 9.10. The first-order valence-electron chi connectivity index (χ1n) is 7.30. The molecule has 5 nitrogen and oxygen atoms in total. The maximum Gasteiger partial charge on any atom is 0.322 e. The number of carbonyl (C=O) groups excluding carboxylic acids is 1. The van der Waals surface area contributed by atoms with Crippen molar-refractivity contribution >= 4 is 27.6 Å². The molecule has 0 radical (unpaired) electrons. The molecule has 0 aliphatic carbocycles. The van der Waals surface area contributed by atoms with E-state index in [0.717, 1.165) is 10.0 Å². The lowest BCUT2D eigenvalue weighted by Crippen LogP contribution is -2.54. The first-order chi connectivity index (χ1) is 10.2. The zero-order valence-electron chi connectivity index (χ0n) is 13.7. The molecule has 1 saturated heterocycles. The van der Waals surface area contributed by atoms with Crippen molar-refractivity contribution in [1.82, 2.24) is 4.90 Å². The number of morpholine rings is 1. The molecule has 0 spiro atoms. The fraction of sp³-hybridized carbons (Fsp3) is 0.562. The lowest BCUT2D eigenvalue weighted by molar-refractivity contribution is -0.116. The summed E-state index contributed by atoms with van der Waals surface area (Å²) in [5, 5.41) is 2.97. The Bertz CT molecular complexity index is 575. The zero-order chi connectivity index (χ0) is 16.5. The van der Waals surface area contributed by atoms with Gasteiger partial charge in [-0.2, -0.15) is 0 Å². The Labute approximate surface area is 140 Å². The maximum absolute atomic E-state index is 12.6. The molecule has 2 amide bonds. The predicted molar refractivity (Wildman–Crippen MR) is 90.6 cm³/mol. The molecule has 0 saturated carbocycles. The van der Waals surface area contributed by atoms with E-state index in [4.69, 9.17) is 9.47 Å². The number of urea groups is 1. The SMILES string of the molecule is COc1cc(Br)cc(C)c1NC(=O)N1CC(C)OC(C)(C)C1. The third-order valence-corrected chi connectivity index (χ3v) is 4.03. The lowest BCUT2D eigenvalue weighted by Gasteiger charge is -2.41. The number of aryl methyl sites for hydroxylation is 1. The molecular formula is C16H23BrN2O3. The molecule has 1 aliphatic rings. The van der Waals surface area contributed by atoms with Gasteiger partial charge in [0.15, 0.2) is 0 Å². The highest BCUT2D eigenvalue weighted by atomic mass is 79.9. The first kappa shape index (κ1) is 17.1. The fourth-order valence-corrected chi connectivity index (χ4v) is 3.38. The van der Waals surface area contributed by atoms with Crippen molar-refractivity contribution in [3.63, 3.8) is 0 Å². The van der Waals surface area contributed by atoms with Gasteiger partial charge in [-0.3, -0.25) is 0 Å². The van der Waals surface area contributed by atoms with Gasteiger partial charge in [0.2, 0.25) is 0 Å². The van der Waals surface area contributed by atoms with Gasteiger partial charge in [-0.15, -0.1) is 0 Å². The van der Waals surface area contributed by atoms with Crippen LogP contribution in [0.5, 0.6) is 5.75 Å². The number of nitrogens with one attached hydrogen (secondary N) is 1. The van der Waals surface area contributed by atoms with Gasteiger partial charge in [-0.25, -0.2) is 4.79 Å². The molecule has 1 atom stereocenters. The van der Waals surface area contributed by atoms with Crippen molar-refractivity contribution in [1.29, 1.82) is 0 Å². The summed E-state index contributed by atoms with van der Waals surface area (Å²) in [6.07, 6.45) is 0.0161. The summed E-state index contributed by atoms with van der Waals surface area (Å²) >= 11 is 3.43. The summed E-state index contributed by atoms with van der Waals surface area (Å²) in [6.45, 7) is 9.04. The van der Waals surface area contributed by atoms with Crippen LogP contribution in [0, 0.1) is 6.92 Å². The summed E-state index contributed by atoms with van der Waals surface area (Å²) in [4.78, 5) is 14.4. The monoisotopic (exact) mass is 370 g/mol. The predicted octanol–water partition coefficient (Wildman–Crippen LogP) is 3.80. The first-order valence-corrected chi connectivity index (χ1v) is 8.09. The fourth-order valence-electron chi connectivity index (χ4n) is 2.83. The molecule has 1 aliphatic heterocycles. The number of hydrogen-bond acceptors (Lipinski definition) is 3. The van der Waals surface area contributed by atoms with Crippen LogP contribution in [-0.2, 0) is 4.74 Å². The lowest BCUT2D eigenvalue weighted by atomic mass is 10.1. The van der Waals surface area contributed by atoms with Gasteiger partial charge < -0.3 is 19.7 Å². The molecule has 1 aromatic rings. The second-order valence-corrected chi connectivity index (χ2v) is 7.21. The number of benzene rings is 1. The van der Waals surface area contributed by atoms with Crippen LogP contribution in [0.3, 0.4) is 0 Å². The minimum absolute atomic E-state index is 0.0161. The number of carbonyl (C=O) groups is 1. The third kappa shape index (κ3) is 3.93. The van der Waals surface area contributed by atoms with Crippen LogP contribution in [0.2, 0.25) is 0 Å². The molecule has 22 heavy (non-hydrogen) atoms. The normalized spacial score (nSPS) is 20.6. The van der Waals surface area contributed by atoms with Crippen molar-refractivity contribution in [3.05, 3.63) is 22.2 Å². The Morgan fingerprint density at radius 1 is 1.50 bits per heavy atom. The van der Waals surface area contributed by atoms with E-state index >= 15 is 0 Å². The Kier molecular flexibility index (Phi) is 5.02. The summed E-state index contributed by atoms with van der Waals surface area (Å²) in [7, 11) is 1.59. The number of halogens is 1.